The molecule has 0 heterocycles. The molecule has 0 radical (unpaired) electrons. The minimum Gasteiger partial charge on any atom is -0.383 e. The van der Waals surface area contributed by atoms with E-state index < -0.39 is 42.2 Å². The van der Waals surface area contributed by atoms with Crippen molar-refractivity contribution < 1.29 is 41.4 Å². The van der Waals surface area contributed by atoms with Gasteiger partial charge in [0.2, 0.25) is 0 Å². The van der Waals surface area contributed by atoms with Gasteiger partial charge in [-0.2, -0.15) is 26.3 Å². The molecule has 0 amide bonds. The molecule has 9 heteroatoms. The van der Waals surface area contributed by atoms with Crippen molar-refractivity contribution in [2.75, 3.05) is 0 Å². The van der Waals surface area contributed by atoms with E-state index in [-0.39, 0.29) is 25.7 Å². The van der Waals surface area contributed by atoms with E-state index >= 15 is 0 Å². The fraction of sp³-hybridized carbons (Fsp3) is 0.947. The highest BCUT2D eigenvalue weighted by Gasteiger charge is 2.51. The van der Waals surface area contributed by atoms with E-state index in [2.05, 4.69) is 0 Å². The van der Waals surface area contributed by atoms with Crippen molar-refractivity contribution in [3.63, 3.8) is 0 Å². The first-order valence-electron chi connectivity index (χ1n) is 9.91. The molecule has 0 aromatic rings. The highest BCUT2D eigenvalue weighted by atomic mass is 19.4. The molecule has 0 bridgehead atoms. The van der Waals surface area contributed by atoms with Gasteiger partial charge in [0.15, 0.2) is 12.2 Å². The molecule has 4 unspecified atom stereocenters. The Labute approximate surface area is 162 Å². The van der Waals surface area contributed by atoms with E-state index in [1.807, 2.05) is 13.8 Å². The minimum absolute atomic E-state index is 0.183. The molecule has 0 aromatic heterocycles. The zero-order chi connectivity index (χ0) is 22.0. The summed E-state index contributed by atoms with van der Waals surface area (Å²) in [6.07, 6.45) is -12.7. The van der Waals surface area contributed by atoms with E-state index in [1.54, 1.807) is 0 Å². The van der Waals surface area contributed by atoms with Gasteiger partial charge in [-0.05, 0) is 12.8 Å². The van der Waals surface area contributed by atoms with Crippen LogP contribution in [0.25, 0.3) is 0 Å². The average Bonchev–Trinajstić information content (AvgIpc) is 2.59. The summed E-state index contributed by atoms with van der Waals surface area (Å²) in [4.78, 5) is 12.6. The predicted octanol–water partition coefficient (Wildman–Crippen LogP) is 5.58. The Kier molecular flexibility index (Phi) is 12.3. The van der Waals surface area contributed by atoms with Crippen molar-refractivity contribution in [2.24, 2.45) is 11.8 Å². The van der Waals surface area contributed by atoms with Crippen LogP contribution in [-0.4, -0.2) is 40.6 Å². The molecule has 4 atom stereocenters. The molecular formula is C19H32F6O3. The lowest BCUT2D eigenvalue weighted by Gasteiger charge is -2.30. The summed E-state index contributed by atoms with van der Waals surface area (Å²) >= 11 is 0. The maximum Gasteiger partial charge on any atom is 0.415 e. The highest BCUT2D eigenvalue weighted by Crippen LogP contribution is 2.36. The SMILES string of the molecule is CCCCCCC(C(=O)C(CCCCCC)C(O)C(F)(F)F)C(O)C(F)(F)F. The van der Waals surface area contributed by atoms with Crippen LogP contribution in [0.2, 0.25) is 0 Å². The lowest BCUT2D eigenvalue weighted by Crippen LogP contribution is -2.47. The van der Waals surface area contributed by atoms with E-state index in [9.17, 15) is 41.4 Å². The van der Waals surface area contributed by atoms with E-state index in [0.717, 1.165) is 12.8 Å². The molecule has 0 aromatic carbocycles. The van der Waals surface area contributed by atoms with Gasteiger partial charge in [0, 0.05) is 0 Å². The highest BCUT2D eigenvalue weighted by molar-refractivity contribution is 5.84. The molecule has 0 aliphatic carbocycles. The van der Waals surface area contributed by atoms with Gasteiger partial charge in [0.25, 0.3) is 0 Å². The Hall–Kier alpha value is -0.830. The van der Waals surface area contributed by atoms with Gasteiger partial charge in [-0.15, -0.1) is 0 Å². The predicted molar refractivity (Wildman–Crippen MR) is 93.6 cm³/mol. The van der Waals surface area contributed by atoms with Crippen LogP contribution in [0.1, 0.15) is 78.1 Å². The van der Waals surface area contributed by atoms with Crippen LogP contribution in [0, 0.1) is 11.8 Å². The summed E-state index contributed by atoms with van der Waals surface area (Å²) < 4.78 is 78.0. The third-order valence-corrected chi connectivity index (χ3v) is 4.90. The number of rotatable bonds is 14. The standard InChI is InChI=1S/C19H32F6O3/c1-3-5-7-9-11-13(16(27)18(20,21)22)15(26)14(12-10-8-6-4-2)17(28)19(23,24)25/h13-14,16-17,27-28H,3-12H2,1-2H3. The second kappa shape index (κ2) is 12.7. The summed E-state index contributed by atoms with van der Waals surface area (Å²) in [5, 5.41) is 19.2. The largest absolute Gasteiger partial charge is 0.415 e. The van der Waals surface area contributed by atoms with Crippen LogP contribution >= 0.6 is 0 Å². The van der Waals surface area contributed by atoms with Gasteiger partial charge in [-0.3, -0.25) is 4.79 Å². The van der Waals surface area contributed by atoms with E-state index in [4.69, 9.17) is 0 Å². The monoisotopic (exact) mass is 422 g/mol. The maximum absolute atomic E-state index is 13.0. The Morgan fingerprint density at radius 1 is 0.679 bits per heavy atom. The molecule has 0 aliphatic heterocycles. The van der Waals surface area contributed by atoms with Gasteiger partial charge in [-0.25, -0.2) is 0 Å². The van der Waals surface area contributed by atoms with E-state index in [0.29, 0.717) is 25.7 Å². The third kappa shape index (κ3) is 9.58. The number of halogens is 6. The molecule has 0 saturated heterocycles. The molecular weight excluding hydrogens is 390 g/mol. The Morgan fingerprint density at radius 2 is 1.00 bits per heavy atom. The topological polar surface area (TPSA) is 57.5 Å². The zero-order valence-electron chi connectivity index (χ0n) is 16.5. The van der Waals surface area contributed by atoms with Crippen LogP contribution in [0.5, 0.6) is 0 Å². The summed E-state index contributed by atoms with van der Waals surface area (Å²) in [5.41, 5.74) is 0. The number of carbonyl (C=O) groups excluding carboxylic acids is 1. The number of hydrogen-bond donors (Lipinski definition) is 2. The summed E-state index contributed by atoms with van der Waals surface area (Å²) in [5.74, 6) is -5.38. The molecule has 2 N–H and O–H groups in total. The molecule has 0 saturated carbocycles. The number of hydrogen-bond acceptors (Lipinski definition) is 3. The van der Waals surface area contributed by atoms with Crippen LogP contribution in [-0.2, 0) is 4.79 Å². The number of aliphatic hydroxyl groups is 2. The first kappa shape index (κ1) is 27.2. The molecule has 0 aliphatic rings. The number of ketones is 1. The number of Topliss-reactive ketones (excluding diaryl/α,β-unsaturated/α-hetero) is 1. The molecule has 0 spiro atoms. The van der Waals surface area contributed by atoms with E-state index in [1.165, 1.54) is 0 Å². The average molecular weight is 422 g/mol. The fourth-order valence-corrected chi connectivity index (χ4v) is 3.22. The molecule has 3 nitrogen and oxygen atoms in total. The van der Waals surface area contributed by atoms with Crippen molar-refractivity contribution >= 4 is 5.78 Å². The number of unbranched alkanes of at least 4 members (excludes halogenated alkanes) is 6. The Morgan fingerprint density at radius 3 is 1.25 bits per heavy atom. The number of carbonyl (C=O) groups is 1. The number of alkyl halides is 6. The summed E-state index contributed by atoms with van der Waals surface area (Å²) in [6, 6.07) is 0. The van der Waals surface area contributed by atoms with Gasteiger partial charge in [-0.1, -0.05) is 65.2 Å². The van der Waals surface area contributed by atoms with Gasteiger partial charge in [0.05, 0.1) is 11.8 Å². The summed E-state index contributed by atoms with van der Waals surface area (Å²) in [7, 11) is 0. The minimum atomic E-state index is -5.12. The second-order valence-corrected chi connectivity index (χ2v) is 7.29. The fourth-order valence-electron chi connectivity index (χ4n) is 3.22. The first-order chi connectivity index (χ1) is 12.9. The smallest absolute Gasteiger partial charge is 0.383 e. The van der Waals surface area contributed by atoms with Crippen molar-refractivity contribution in [2.45, 2.75) is 103 Å². The molecule has 0 rings (SSSR count). The van der Waals surface area contributed by atoms with Crippen molar-refractivity contribution in [1.29, 1.82) is 0 Å². The van der Waals surface area contributed by atoms with Crippen molar-refractivity contribution in [3.8, 4) is 0 Å². The van der Waals surface area contributed by atoms with Crippen LogP contribution in [0.4, 0.5) is 26.3 Å². The lowest BCUT2D eigenvalue weighted by atomic mass is 9.79. The van der Waals surface area contributed by atoms with Crippen molar-refractivity contribution in [3.05, 3.63) is 0 Å². The molecule has 168 valence electrons. The summed E-state index contributed by atoms with van der Waals surface area (Å²) in [6.45, 7) is 3.75. The van der Waals surface area contributed by atoms with Crippen LogP contribution in [0.15, 0.2) is 0 Å². The third-order valence-electron chi connectivity index (χ3n) is 4.90. The molecule has 28 heavy (non-hydrogen) atoms. The quantitative estimate of drug-likeness (QED) is 0.284. The Bertz CT molecular complexity index is 398. The lowest BCUT2D eigenvalue weighted by molar-refractivity contribution is -0.231. The van der Waals surface area contributed by atoms with Crippen LogP contribution < -0.4 is 0 Å². The second-order valence-electron chi connectivity index (χ2n) is 7.29. The number of aliphatic hydroxyl groups excluding tert-OH is 2. The Balaban J connectivity index is 5.49. The zero-order valence-corrected chi connectivity index (χ0v) is 16.5. The first-order valence-corrected chi connectivity index (χ1v) is 9.91. The maximum atomic E-state index is 13.0. The normalized spacial score (nSPS) is 17.2. The van der Waals surface area contributed by atoms with Crippen LogP contribution in [0.3, 0.4) is 0 Å². The van der Waals surface area contributed by atoms with Gasteiger partial charge < -0.3 is 10.2 Å². The van der Waals surface area contributed by atoms with Crippen molar-refractivity contribution in [1.82, 2.24) is 0 Å². The van der Waals surface area contributed by atoms with Gasteiger partial charge in [0.1, 0.15) is 5.78 Å². The molecule has 0 fully saturated rings. The van der Waals surface area contributed by atoms with Gasteiger partial charge >= 0.3 is 12.4 Å².